The van der Waals surface area contributed by atoms with E-state index in [4.69, 9.17) is 5.73 Å². The van der Waals surface area contributed by atoms with E-state index in [1.807, 2.05) is 6.92 Å². The Balaban J connectivity index is 2.82. The highest BCUT2D eigenvalue weighted by Gasteiger charge is 2.25. The van der Waals surface area contributed by atoms with Crippen LogP contribution < -0.4 is 11.1 Å². The quantitative estimate of drug-likeness (QED) is 0.827. The molecule has 0 bridgehead atoms. The van der Waals surface area contributed by atoms with Crippen LogP contribution in [-0.4, -0.2) is 11.4 Å². The molecule has 0 saturated heterocycles. The average molecular weight is 224 g/mol. The molecule has 0 fully saturated rings. The van der Waals surface area contributed by atoms with Gasteiger partial charge in [0.2, 0.25) is 5.91 Å². The third-order valence-electron chi connectivity index (χ3n) is 2.67. The number of anilines is 1. The van der Waals surface area contributed by atoms with Gasteiger partial charge in [0.25, 0.3) is 0 Å². The number of carbonyl (C=O) groups is 1. The van der Waals surface area contributed by atoms with Gasteiger partial charge in [-0.3, -0.25) is 4.79 Å². The molecule has 1 amide bonds. The zero-order valence-corrected chi connectivity index (χ0v) is 9.80. The Morgan fingerprint density at radius 2 is 2.19 bits per heavy atom. The van der Waals surface area contributed by atoms with Crippen LogP contribution in [0.15, 0.2) is 18.2 Å². The van der Waals surface area contributed by atoms with E-state index in [0.29, 0.717) is 17.7 Å². The Kier molecular flexibility index (Phi) is 3.65. The van der Waals surface area contributed by atoms with Gasteiger partial charge in [0.05, 0.1) is 5.54 Å². The van der Waals surface area contributed by atoms with Crippen molar-refractivity contribution in [2.45, 2.75) is 32.7 Å². The molecule has 1 unspecified atom stereocenters. The number of carbonyl (C=O) groups excluding carboxylic acids is 1. The van der Waals surface area contributed by atoms with Gasteiger partial charge in [-0.15, -0.1) is 0 Å². The molecule has 1 aromatic carbocycles. The molecular formula is C12H17FN2O. The van der Waals surface area contributed by atoms with Crippen molar-refractivity contribution >= 4 is 11.6 Å². The Labute approximate surface area is 94.8 Å². The minimum absolute atomic E-state index is 0.263. The van der Waals surface area contributed by atoms with Crippen molar-refractivity contribution < 1.29 is 9.18 Å². The summed E-state index contributed by atoms with van der Waals surface area (Å²) in [7, 11) is 0. The molecule has 3 nitrogen and oxygen atoms in total. The lowest BCUT2D eigenvalue weighted by molar-refractivity contribution is -0.120. The topological polar surface area (TPSA) is 55.1 Å². The summed E-state index contributed by atoms with van der Waals surface area (Å²) in [4.78, 5) is 11.7. The zero-order valence-electron chi connectivity index (χ0n) is 9.80. The molecule has 4 heteroatoms. The fraction of sp³-hybridized carbons (Fsp3) is 0.417. The van der Waals surface area contributed by atoms with E-state index >= 15 is 0 Å². The van der Waals surface area contributed by atoms with E-state index in [1.165, 1.54) is 12.1 Å². The lowest BCUT2D eigenvalue weighted by atomic mass is 9.99. The number of hydrogen-bond acceptors (Lipinski definition) is 2. The third-order valence-corrected chi connectivity index (χ3v) is 2.67. The van der Waals surface area contributed by atoms with Gasteiger partial charge in [0, 0.05) is 5.69 Å². The number of aryl methyl sites for hydroxylation is 1. The van der Waals surface area contributed by atoms with Crippen molar-refractivity contribution in [2.75, 3.05) is 5.32 Å². The fourth-order valence-corrected chi connectivity index (χ4v) is 1.16. The highest BCUT2D eigenvalue weighted by atomic mass is 19.1. The van der Waals surface area contributed by atoms with Crippen molar-refractivity contribution in [3.8, 4) is 0 Å². The predicted octanol–water partition coefficient (Wildman–Crippen LogP) is 2.20. The minimum atomic E-state index is -0.901. The smallest absolute Gasteiger partial charge is 0.244 e. The molecule has 0 aliphatic carbocycles. The second-order valence-corrected chi connectivity index (χ2v) is 4.19. The summed E-state index contributed by atoms with van der Waals surface area (Å²) in [6, 6.07) is 4.43. The number of nitrogens with one attached hydrogen (secondary N) is 1. The minimum Gasteiger partial charge on any atom is -0.324 e. The van der Waals surface area contributed by atoms with Crippen LogP contribution in [0.25, 0.3) is 0 Å². The summed E-state index contributed by atoms with van der Waals surface area (Å²) < 4.78 is 13.0. The standard InChI is InChI=1S/C12H17FN2O/c1-4-12(3,14)11(16)15-9-5-6-10(13)8(2)7-9/h5-7H,4,14H2,1-3H3,(H,15,16). The molecule has 1 rings (SSSR count). The van der Waals surface area contributed by atoms with Gasteiger partial charge in [0.1, 0.15) is 5.82 Å². The van der Waals surface area contributed by atoms with Crippen LogP contribution in [0.1, 0.15) is 25.8 Å². The van der Waals surface area contributed by atoms with Crippen LogP contribution in [0.3, 0.4) is 0 Å². The van der Waals surface area contributed by atoms with E-state index < -0.39 is 5.54 Å². The predicted molar refractivity (Wildman–Crippen MR) is 62.7 cm³/mol. The van der Waals surface area contributed by atoms with Crippen LogP contribution in [0.5, 0.6) is 0 Å². The number of benzene rings is 1. The third kappa shape index (κ3) is 2.79. The molecule has 3 N–H and O–H groups in total. The summed E-state index contributed by atoms with van der Waals surface area (Å²) in [6.45, 7) is 5.15. The van der Waals surface area contributed by atoms with Crippen molar-refractivity contribution in [3.63, 3.8) is 0 Å². The number of rotatable bonds is 3. The number of hydrogen-bond donors (Lipinski definition) is 2. The lowest BCUT2D eigenvalue weighted by Crippen LogP contribution is -2.47. The Morgan fingerprint density at radius 3 is 2.69 bits per heavy atom. The average Bonchev–Trinajstić information content (AvgIpc) is 2.23. The van der Waals surface area contributed by atoms with Crippen molar-refractivity contribution in [1.82, 2.24) is 0 Å². The number of amides is 1. The van der Waals surface area contributed by atoms with Gasteiger partial charge >= 0.3 is 0 Å². The summed E-state index contributed by atoms with van der Waals surface area (Å²) in [6.07, 6.45) is 0.541. The molecule has 88 valence electrons. The first kappa shape index (κ1) is 12.6. The zero-order chi connectivity index (χ0) is 12.3. The SMILES string of the molecule is CCC(C)(N)C(=O)Nc1ccc(F)c(C)c1. The highest BCUT2D eigenvalue weighted by Crippen LogP contribution is 2.15. The fourth-order valence-electron chi connectivity index (χ4n) is 1.16. The van der Waals surface area contributed by atoms with Crippen molar-refractivity contribution in [3.05, 3.63) is 29.6 Å². The molecule has 0 heterocycles. The van der Waals surface area contributed by atoms with E-state index in [9.17, 15) is 9.18 Å². The largest absolute Gasteiger partial charge is 0.324 e. The van der Waals surface area contributed by atoms with Crippen LogP contribution >= 0.6 is 0 Å². The monoisotopic (exact) mass is 224 g/mol. The highest BCUT2D eigenvalue weighted by molar-refractivity contribution is 5.97. The molecule has 0 spiro atoms. The van der Waals surface area contributed by atoms with Crippen LogP contribution in [0.4, 0.5) is 10.1 Å². The maximum atomic E-state index is 13.0. The molecule has 0 saturated carbocycles. The first-order valence-corrected chi connectivity index (χ1v) is 5.23. The second-order valence-electron chi connectivity index (χ2n) is 4.19. The molecule has 0 aliphatic heterocycles. The van der Waals surface area contributed by atoms with Gasteiger partial charge in [-0.1, -0.05) is 6.92 Å². The van der Waals surface area contributed by atoms with E-state index in [-0.39, 0.29) is 11.7 Å². The molecule has 16 heavy (non-hydrogen) atoms. The van der Waals surface area contributed by atoms with Crippen molar-refractivity contribution in [2.24, 2.45) is 5.73 Å². The Hall–Kier alpha value is -1.42. The summed E-state index contributed by atoms with van der Waals surface area (Å²) in [5.41, 5.74) is 5.95. The lowest BCUT2D eigenvalue weighted by Gasteiger charge is -2.21. The maximum absolute atomic E-state index is 13.0. The first-order valence-electron chi connectivity index (χ1n) is 5.23. The van der Waals surface area contributed by atoms with E-state index in [2.05, 4.69) is 5.32 Å². The van der Waals surface area contributed by atoms with Gasteiger partial charge in [-0.05, 0) is 44.0 Å². The van der Waals surface area contributed by atoms with E-state index in [0.717, 1.165) is 0 Å². The molecule has 0 aromatic heterocycles. The van der Waals surface area contributed by atoms with Crippen LogP contribution in [-0.2, 0) is 4.79 Å². The Bertz CT molecular complexity index is 402. The molecule has 0 radical (unpaired) electrons. The summed E-state index contributed by atoms with van der Waals surface area (Å²) >= 11 is 0. The maximum Gasteiger partial charge on any atom is 0.244 e. The number of nitrogens with two attached hydrogens (primary N) is 1. The second kappa shape index (κ2) is 4.61. The first-order chi connectivity index (χ1) is 7.36. The van der Waals surface area contributed by atoms with E-state index in [1.54, 1.807) is 19.9 Å². The van der Waals surface area contributed by atoms with Gasteiger partial charge in [-0.2, -0.15) is 0 Å². The molecular weight excluding hydrogens is 207 g/mol. The molecule has 1 atom stereocenters. The van der Waals surface area contributed by atoms with Gasteiger partial charge in [-0.25, -0.2) is 4.39 Å². The van der Waals surface area contributed by atoms with Gasteiger partial charge in [0.15, 0.2) is 0 Å². The Morgan fingerprint density at radius 1 is 1.56 bits per heavy atom. The van der Waals surface area contributed by atoms with Crippen LogP contribution in [0, 0.1) is 12.7 Å². The summed E-state index contributed by atoms with van der Waals surface area (Å²) in [5, 5.41) is 2.67. The summed E-state index contributed by atoms with van der Waals surface area (Å²) in [5.74, 6) is -0.551. The van der Waals surface area contributed by atoms with Crippen LogP contribution in [0.2, 0.25) is 0 Å². The van der Waals surface area contributed by atoms with Gasteiger partial charge < -0.3 is 11.1 Å². The normalized spacial score (nSPS) is 14.3. The molecule has 1 aromatic rings. The van der Waals surface area contributed by atoms with Crippen molar-refractivity contribution in [1.29, 1.82) is 0 Å². The number of halogens is 1. The molecule has 0 aliphatic rings.